The maximum atomic E-state index is 10.3. The van der Waals surface area contributed by atoms with Gasteiger partial charge in [0.05, 0.1) is 13.2 Å². The number of hydrogen-bond donors (Lipinski definition) is 4. The minimum atomic E-state index is -4.55. The van der Waals surface area contributed by atoms with Crippen LogP contribution in [-0.4, -0.2) is 32.8 Å². The lowest BCUT2D eigenvalue weighted by molar-refractivity contribution is 0.116. The molecule has 15 heavy (non-hydrogen) atoms. The first-order chi connectivity index (χ1) is 6.64. The van der Waals surface area contributed by atoms with Crippen LogP contribution in [0.4, 0.5) is 0 Å². The zero-order valence-electron chi connectivity index (χ0n) is 8.01. The Bertz CT molecular complexity index is 240. The summed E-state index contributed by atoms with van der Waals surface area (Å²) in [5.41, 5.74) is 0. The molecular weight excluding hydrogens is 250 g/mol. The molecule has 0 aliphatic rings. The van der Waals surface area contributed by atoms with Gasteiger partial charge in [-0.1, -0.05) is 6.92 Å². The molecule has 4 N–H and O–H groups in total. The van der Waals surface area contributed by atoms with Crippen molar-refractivity contribution in [3.05, 3.63) is 0 Å². The lowest BCUT2D eigenvalue weighted by atomic mass is 10.1. The molecule has 0 rings (SSSR count). The Hall–Kier alpha value is 0.220. The molecule has 0 radical (unpaired) electrons. The molecule has 8 nitrogen and oxygen atoms in total. The summed E-state index contributed by atoms with van der Waals surface area (Å²) in [5, 5.41) is 0. The molecule has 0 aliphatic carbocycles. The Morgan fingerprint density at radius 1 is 1.00 bits per heavy atom. The van der Waals surface area contributed by atoms with Crippen LogP contribution in [0.2, 0.25) is 0 Å². The largest absolute Gasteiger partial charge is 0.469 e. The Balaban J connectivity index is 3.95. The van der Waals surface area contributed by atoms with Gasteiger partial charge >= 0.3 is 15.6 Å². The quantitative estimate of drug-likeness (QED) is 0.480. The van der Waals surface area contributed by atoms with E-state index in [9.17, 15) is 9.13 Å². The number of phosphoric ester groups is 2. The molecule has 0 spiro atoms. The van der Waals surface area contributed by atoms with Gasteiger partial charge in [-0.05, 0) is 6.42 Å². The molecule has 0 bridgehead atoms. The summed E-state index contributed by atoms with van der Waals surface area (Å²) in [7, 11) is -9.09. The second kappa shape index (κ2) is 6.08. The first kappa shape index (κ1) is 15.2. The van der Waals surface area contributed by atoms with Crippen molar-refractivity contribution in [1.29, 1.82) is 0 Å². The van der Waals surface area contributed by atoms with Crippen LogP contribution in [0.3, 0.4) is 0 Å². The van der Waals surface area contributed by atoms with Gasteiger partial charge in [0, 0.05) is 5.92 Å². The van der Waals surface area contributed by atoms with Crippen LogP contribution in [0.15, 0.2) is 0 Å². The van der Waals surface area contributed by atoms with Gasteiger partial charge in [-0.15, -0.1) is 0 Å². The summed E-state index contributed by atoms with van der Waals surface area (Å²) in [4.78, 5) is 33.5. The predicted octanol–water partition coefficient (Wildman–Crippen LogP) is 0.231. The van der Waals surface area contributed by atoms with Gasteiger partial charge in [-0.3, -0.25) is 9.05 Å². The van der Waals surface area contributed by atoms with Crippen molar-refractivity contribution in [1.82, 2.24) is 0 Å². The predicted molar refractivity (Wildman–Crippen MR) is 49.8 cm³/mol. The Morgan fingerprint density at radius 2 is 1.33 bits per heavy atom. The highest BCUT2D eigenvalue weighted by Gasteiger charge is 2.21. The van der Waals surface area contributed by atoms with E-state index in [0.29, 0.717) is 6.42 Å². The van der Waals surface area contributed by atoms with Crippen molar-refractivity contribution in [3.63, 3.8) is 0 Å². The van der Waals surface area contributed by atoms with Crippen molar-refractivity contribution >= 4 is 15.6 Å². The standard InChI is InChI=1S/C5H14O8P2/c1-2-5(3-12-14(6,7)8)4-13-15(9,10)11/h5H,2-4H2,1H3,(H2,6,7,8)(H2,9,10,11). The summed E-state index contributed by atoms with van der Waals surface area (Å²) in [6.07, 6.45) is 0.417. The van der Waals surface area contributed by atoms with E-state index in [1.165, 1.54) is 0 Å². The molecule has 0 saturated heterocycles. The molecule has 0 fully saturated rings. The highest BCUT2D eigenvalue weighted by atomic mass is 31.2. The topological polar surface area (TPSA) is 134 Å². The third-order valence-electron chi connectivity index (χ3n) is 1.53. The van der Waals surface area contributed by atoms with E-state index < -0.39 is 21.6 Å². The van der Waals surface area contributed by atoms with Crippen molar-refractivity contribution in [2.24, 2.45) is 5.92 Å². The molecule has 0 unspecified atom stereocenters. The highest BCUT2D eigenvalue weighted by molar-refractivity contribution is 7.46. The zero-order valence-corrected chi connectivity index (χ0v) is 9.80. The van der Waals surface area contributed by atoms with Crippen molar-refractivity contribution in [2.75, 3.05) is 13.2 Å². The normalized spacial score (nSPS) is 13.5. The van der Waals surface area contributed by atoms with E-state index in [4.69, 9.17) is 19.6 Å². The highest BCUT2D eigenvalue weighted by Crippen LogP contribution is 2.39. The Labute approximate surface area is 86.7 Å². The summed E-state index contributed by atoms with van der Waals surface area (Å²) in [5.74, 6) is -0.481. The monoisotopic (exact) mass is 264 g/mol. The van der Waals surface area contributed by atoms with Gasteiger partial charge in [-0.25, -0.2) is 9.13 Å². The van der Waals surface area contributed by atoms with E-state index in [1.807, 2.05) is 0 Å². The molecule has 0 aromatic heterocycles. The van der Waals surface area contributed by atoms with Crippen molar-refractivity contribution < 1.29 is 37.8 Å². The minimum Gasteiger partial charge on any atom is -0.303 e. The van der Waals surface area contributed by atoms with E-state index in [1.54, 1.807) is 6.92 Å². The molecule has 0 atom stereocenters. The van der Waals surface area contributed by atoms with Gasteiger partial charge in [0.25, 0.3) is 0 Å². The van der Waals surface area contributed by atoms with E-state index >= 15 is 0 Å². The number of hydrogen-bond acceptors (Lipinski definition) is 4. The fraction of sp³-hybridized carbons (Fsp3) is 1.00. The maximum absolute atomic E-state index is 10.3. The smallest absolute Gasteiger partial charge is 0.303 e. The molecule has 0 aromatic carbocycles. The fourth-order valence-electron chi connectivity index (χ4n) is 0.689. The third kappa shape index (κ3) is 10.5. The molecule has 10 heteroatoms. The zero-order chi connectivity index (χ0) is 12.1. The molecule has 0 heterocycles. The lowest BCUT2D eigenvalue weighted by Gasteiger charge is -2.15. The third-order valence-corrected chi connectivity index (χ3v) is 2.51. The summed E-state index contributed by atoms with van der Waals surface area (Å²) >= 11 is 0. The van der Waals surface area contributed by atoms with Crippen LogP contribution in [0.5, 0.6) is 0 Å². The lowest BCUT2D eigenvalue weighted by Crippen LogP contribution is -2.14. The molecule has 92 valence electrons. The molecular formula is C5H14O8P2. The van der Waals surface area contributed by atoms with Gasteiger partial charge in [-0.2, -0.15) is 0 Å². The molecule has 0 amide bonds. The van der Waals surface area contributed by atoms with Gasteiger partial charge < -0.3 is 19.6 Å². The maximum Gasteiger partial charge on any atom is 0.469 e. The second-order valence-corrected chi connectivity index (χ2v) is 5.33. The second-order valence-electron chi connectivity index (χ2n) is 2.85. The summed E-state index contributed by atoms with van der Waals surface area (Å²) in [6.45, 7) is 1.04. The molecule has 0 aliphatic heterocycles. The van der Waals surface area contributed by atoms with Gasteiger partial charge in [0.15, 0.2) is 0 Å². The molecule has 0 aromatic rings. The SMILES string of the molecule is CCC(COP(=O)(O)O)COP(=O)(O)O. The first-order valence-corrected chi connectivity index (χ1v) is 7.10. The minimum absolute atomic E-state index is 0.319. The van der Waals surface area contributed by atoms with Crippen molar-refractivity contribution in [2.45, 2.75) is 13.3 Å². The number of phosphoric acid groups is 2. The van der Waals surface area contributed by atoms with Gasteiger partial charge in [0.1, 0.15) is 0 Å². The van der Waals surface area contributed by atoms with E-state index in [2.05, 4.69) is 9.05 Å². The first-order valence-electron chi connectivity index (χ1n) is 4.04. The molecule has 0 saturated carbocycles. The van der Waals surface area contributed by atoms with Crippen LogP contribution in [0, 0.1) is 5.92 Å². The average Bonchev–Trinajstić information content (AvgIpc) is 2.00. The van der Waals surface area contributed by atoms with Crippen LogP contribution < -0.4 is 0 Å². The van der Waals surface area contributed by atoms with Crippen molar-refractivity contribution in [3.8, 4) is 0 Å². The van der Waals surface area contributed by atoms with Gasteiger partial charge in [0.2, 0.25) is 0 Å². The van der Waals surface area contributed by atoms with E-state index in [0.717, 1.165) is 0 Å². The van der Waals surface area contributed by atoms with Crippen LogP contribution in [0.1, 0.15) is 13.3 Å². The number of rotatable bonds is 7. The van der Waals surface area contributed by atoms with Crippen LogP contribution in [-0.2, 0) is 18.2 Å². The summed E-state index contributed by atoms with van der Waals surface area (Å²) in [6, 6.07) is 0. The van der Waals surface area contributed by atoms with Crippen LogP contribution >= 0.6 is 15.6 Å². The van der Waals surface area contributed by atoms with Crippen LogP contribution in [0.25, 0.3) is 0 Å². The van der Waals surface area contributed by atoms with E-state index in [-0.39, 0.29) is 13.2 Å². The average molecular weight is 264 g/mol. The Morgan fingerprint density at radius 3 is 1.53 bits per heavy atom. The summed E-state index contributed by atoms with van der Waals surface area (Å²) < 4.78 is 29.0. The fourth-order valence-corrected chi connectivity index (χ4v) is 1.50. The Kier molecular flexibility index (Phi) is 6.17.